The number of imide groups is 1. The highest BCUT2D eigenvalue weighted by Gasteiger charge is 2.45. The topological polar surface area (TPSA) is 235 Å². The third-order valence-corrected chi connectivity index (χ3v) is 15.4. The Morgan fingerprint density at radius 1 is 0.716 bits per heavy atom. The maximum Gasteiger partial charge on any atom is 0.329 e. The van der Waals surface area contributed by atoms with Crippen molar-refractivity contribution in [1.29, 1.82) is 0 Å². The number of amides is 4. The van der Waals surface area contributed by atoms with Crippen LogP contribution in [-0.2, 0) is 63.7 Å². The van der Waals surface area contributed by atoms with Crippen molar-refractivity contribution in [2.45, 2.75) is 168 Å². The normalized spacial score (nSPS) is 16.9. The number of fused-ring (bicyclic) bond motifs is 1. The van der Waals surface area contributed by atoms with E-state index in [2.05, 4.69) is 23.5 Å². The van der Waals surface area contributed by atoms with E-state index in [1.54, 1.807) is 38.1 Å². The van der Waals surface area contributed by atoms with Crippen LogP contribution in [0.4, 0.5) is 5.69 Å². The monoisotopic (exact) mass is 1120 g/mol. The average Bonchev–Trinajstić information content (AvgIpc) is 3.87. The Balaban J connectivity index is 0.811. The SMILES string of the molecule is CCC(C)(C)C(=O)C(=O)N1CCCC[C@H]1C(=O)O[C@H](CCc1ccc(C)c(C)c1)c1cccc(NC(=O)CCC(=O)CCCCOCCOCCOCCCCC(=O)COc2cccc3c2C(=O)N([C@H]2CCCC(=O)CC2=O)C3=O)c1. The van der Waals surface area contributed by atoms with Crippen LogP contribution in [0, 0.1) is 19.3 Å². The number of carbonyl (C=O) groups excluding carboxylic acids is 10. The number of Topliss-reactive ketones (excluding diaryl/α,β-unsaturated/α-hetero) is 5. The number of hydrogen-bond donors (Lipinski definition) is 1. The molecule has 438 valence electrons. The number of anilines is 1. The smallest absolute Gasteiger partial charge is 0.329 e. The third kappa shape index (κ3) is 18.6. The molecule has 3 atom stereocenters. The molecule has 0 unspecified atom stereocenters. The molecule has 4 amide bonds. The van der Waals surface area contributed by atoms with Gasteiger partial charge >= 0.3 is 5.97 Å². The van der Waals surface area contributed by atoms with Gasteiger partial charge in [0, 0.05) is 63.0 Å². The number of ether oxygens (including phenoxy) is 5. The fourth-order valence-electron chi connectivity index (χ4n) is 10.0. The standard InChI is InChI=1S/C63H81N3O15/c1-6-63(4,5)58(72)61(75)65-31-10-7-22-52(65)62(76)81-54(29-27-44-26-25-42(2)43(3)38-44)45-16-13-17-46(39-45)64-56(71)30-28-47(67)18-8-11-32-77-34-36-79-37-35-78-33-12-9-19-49(69)41-80-55-24-15-21-50-57(55)60(74)66(59(50)73)51-23-14-20-48(68)40-53(51)70/h13,15-17,21,24-26,38-39,51-52,54H,6-12,14,18-20,22-23,27-37,40-41H2,1-5H3,(H,64,71)/t51-,52-,54+/m0/s1. The van der Waals surface area contributed by atoms with Gasteiger partial charge in [-0.05, 0) is 137 Å². The number of rotatable bonds is 33. The molecular formula is C63H81N3O15. The molecule has 0 radical (unpaired) electrons. The molecule has 1 saturated heterocycles. The fraction of sp³-hybridized carbons (Fsp3) is 0.556. The number of ketones is 5. The molecule has 0 aromatic heterocycles. The van der Waals surface area contributed by atoms with Gasteiger partial charge in [-0.25, -0.2) is 4.79 Å². The zero-order valence-corrected chi connectivity index (χ0v) is 47.9. The maximum absolute atomic E-state index is 14.0. The van der Waals surface area contributed by atoms with Gasteiger partial charge in [0.2, 0.25) is 11.7 Å². The molecule has 6 rings (SSSR count). The predicted octanol–water partition coefficient (Wildman–Crippen LogP) is 8.91. The van der Waals surface area contributed by atoms with Crippen LogP contribution >= 0.6 is 0 Å². The summed E-state index contributed by atoms with van der Waals surface area (Å²) in [7, 11) is 0. The van der Waals surface area contributed by atoms with E-state index in [1.165, 1.54) is 22.6 Å². The Labute approximate surface area is 475 Å². The summed E-state index contributed by atoms with van der Waals surface area (Å²) in [6.45, 7) is 11.8. The Kier molecular flexibility index (Phi) is 24.6. The molecule has 2 aliphatic heterocycles. The van der Waals surface area contributed by atoms with Crippen molar-refractivity contribution in [2.24, 2.45) is 5.41 Å². The number of esters is 1. The van der Waals surface area contributed by atoms with Crippen LogP contribution in [-0.4, -0.2) is 133 Å². The highest BCUT2D eigenvalue weighted by Crippen LogP contribution is 2.35. The minimum Gasteiger partial charge on any atom is -0.485 e. The number of nitrogens with one attached hydrogen (secondary N) is 1. The van der Waals surface area contributed by atoms with Crippen molar-refractivity contribution in [3.05, 3.63) is 94.0 Å². The summed E-state index contributed by atoms with van der Waals surface area (Å²) in [6.07, 6.45) is 6.29. The number of likely N-dealkylation sites (tertiary alicyclic amines) is 1. The van der Waals surface area contributed by atoms with Crippen LogP contribution in [0.1, 0.15) is 179 Å². The summed E-state index contributed by atoms with van der Waals surface area (Å²) in [5, 5.41) is 2.90. The Morgan fingerprint density at radius 3 is 2.11 bits per heavy atom. The van der Waals surface area contributed by atoms with Gasteiger partial charge in [0.1, 0.15) is 36.1 Å². The van der Waals surface area contributed by atoms with Crippen LogP contribution < -0.4 is 10.1 Å². The van der Waals surface area contributed by atoms with Crippen molar-refractivity contribution in [2.75, 3.05) is 58.1 Å². The predicted molar refractivity (Wildman–Crippen MR) is 301 cm³/mol. The largest absolute Gasteiger partial charge is 0.485 e. The second-order valence-corrected chi connectivity index (χ2v) is 22.0. The lowest BCUT2D eigenvalue weighted by atomic mass is 9.84. The van der Waals surface area contributed by atoms with E-state index in [1.807, 2.05) is 26.8 Å². The summed E-state index contributed by atoms with van der Waals surface area (Å²) < 4.78 is 28.8. The molecule has 18 heteroatoms. The van der Waals surface area contributed by atoms with Crippen molar-refractivity contribution >= 4 is 64.2 Å². The summed E-state index contributed by atoms with van der Waals surface area (Å²) in [5.74, 6) is -4.10. The molecule has 3 aromatic carbocycles. The van der Waals surface area contributed by atoms with Crippen molar-refractivity contribution in [3.8, 4) is 5.75 Å². The molecular weight excluding hydrogens is 1040 g/mol. The molecule has 18 nitrogen and oxygen atoms in total. The molecule has 1 aliphatic carbocycles. The number of benzene rings is 3. The number of carbonyl (C=O) groups is 10. The lowest BCUT2D eigenvalue weighted by Gasteiger charge is -2.36. The average molecular weight is 1120 g/mol. The number of hydrogen-bond acceptors (Lipinski definition) is 15. The molecule has 81 heavy (non-hydrogen) atoms. The van der Waals surface area contributed by atoms with Crippen molar-refractivity contribution in [3.63, 3.8) is 0 Å². The van der Waals surface area contributed by atoms with Crippen LogP contribution in [0.25, 0.3) is 0 Å². The summed E-state index contributed by atoms with van der Waals surface area (Å²) in [5.41, 5.74) is 3.83. The van der Waals surface area contributed by atoms with Crippen molar-refractivity contribution in [1.82, 2.24) is 9.80 Å². The minimum atomic E-state index is -1.00. The summed E-state index contributed by atoms with van der Waals surface area (Å²) >= 11 is 0. The zero-order chi connectivity index (χ0) is 58.5. The first-order chi connectivity index (χ1) is 38.9. The fourth-order valence-corrected chi connectivity index (χ4v) is 10.0. The van der Waals surface area contributed by atoms with Gasteiger partial charge in [0.05, 0.1) is 50.0 Å². The summed E-state index contributed by atoms with van der Waals surface area (Å²) in [4.78, 5) is 133. The van der Waals surface area contributed by atoms with Gasteiger partial charge in [-0.3, -0.25) is 48.1 Å². The van der Waals surface area contributed by atoms with E-state index in [9.17, 15) is 47.9 Å². The molecule has 2 fully saturated rings. The zero-order valence-electron chi connectivity index (χ0n) is 47.9. The van der Waals surface area contributed by atoms with Crippen LogP contribution in [0.3, 0.4) is 0 Å². The lowest BCUT2D eigenvalue weighted by molar-refractivity contribution is -0.164. The second-order valence-electron chi connectivity index (χ2n) is 22.0. The van der Waals surface area contributed by atoms with Crippen molar-refractivity contribution < 1.29 is 71.6 Å². The van der Waals surface area contributed by atoms with E-state index in [4.69, 9.17) is 23.7 Å². The minimum absolute atomic E-state index is 0.00651. The van der Waals surface area contributed by atoms with Crippen LogP contribution in [0.5, 0.6) is 5.75 Å². The van der Waals surface area contributed by atoms with Gasteiger partial charge in [0.25, 0.3) is 17.7 Å². The molecule has 3 aliphatic rings. The molecule has 3 aromatic rings. The van der Waals surface area contributed by atoms with Crippen LogP contribution in [0.15, 0.2) is 60.7 Å². The van der Waals surface area contributed by atoms with E-state index < -0.39 is 58.9 Å². The molecule has 1 saturated carbocycles. The first-order valence-electron chi connectivity index (χ1n) is 28.8. The van der Waals surface area contributed by atoms with E-state index >= 15 is 0 Å². The van der Waals surface area contributed by atoms with Gasteiger partial charge in [0.15, 0.2) is 11.6 Å². The Morgan fingerprint density at radius 2 is 1.41 bits per heavy atom. The first-order valence-corrected chi connectivity index (χ1v) is 28.8. The van der Waals surface area contributed by atoms with Gasteiger partial charge in [-0.1, -0.05) is 57.2 Å². The van der Waals surface area contributed by atoms with Gasteiger partial charge in [-0.15, -0.1) is 0 Å². The number of nitrogens with zero attached hydrogens (tertiary/aromatic N) is 2. The number of unbranched alkanes of at least 4 members (excludes halogenated alkanes) is 2. The van der Waals surface area contributed by atoms with Crippen LogP contribution in [0.2, 0.25) is 0 Å². The Hall–Kier alpha value is -6.76. The molecule has 1 N–H and O–H groups in total. The maximum atomic E-state index is 14.0. The lowest BCUT2D eigenvalue weighted by Crippen LogP contribution is -2.53. The second kappa shape index (κ2) is 31.5. The van der Waals surface area contributed by atoms with Gasteiger partial charge in [-0.2, -0.15) is 0 Å². The van der Waals surface area contributed by atoms with E-state index in [0.717, 1.165) is 22.4 Å². The molecule has 0 bridgehead atoms. The quantitative estimate of drug-likeness (QED) is 0.0150. The van der Waals surface area contributed by atoms with E-state index in [-0.39, 0.29) is 85.3 Å². The number of piperidine rings is 1. The molecule has 2 heterocycles. The highest BCUT2D eigenvalue weighted by atomic mass is 16.5. The molecule has 0 spiro atoms. The van der Waals surface area contributed by atoms with E-state index in [0.29, 0.717) is 128 Å². The summed E-state index contributed by atoms with van der Waals surface area (Å²) in [6, 6.07) is 16.0. The highest BCUT2D eigenvalue weighted by molar-refractivity contribution is 6.38. The number of aryl methyl sites for hydroxylation is 3. The Bertz CT molecular complexity index is 2750. The van der Waals surface area contributed by atoms with Gasteiger partial charge < -0.3 is 33.9 Å². The first kappa shape index (κ1) is 63.4. The third-order valence-electron chi connectivity index (χ3n) is 15.4.